The van der Waals surface area contributed by atoms with E-state index in [1.807, 2.05) is 0 Å². The summed E-state index contributed by atoms with van der Waals surface area (Å²) in [7, 11) is 0. The van der Waals surface area contributed by atoms with Crippen LogP contribution in [0.4, 0.5) is 17.6 Å². The fraction of sp³-hybridized carbons (Fsp3) is 0.0769. The van der Waals surface area contributed by atoms with Gasteiger partial charge in [-0.25, -0.2) is 9.18 Å². The largest absolute Gasteiger partial charge is 0.478 e. The van der Waals surface area contributed by atoms with Crippen molar-refractivity contribution in [3.8, 4) is 11.1 Å². The highest BCUT2D eigenvalue weighted by Crippen LogP contribution is 2.30. The van der Waals surface area contributed by atoms with Gasteiger partial charge in [-0.15, -0.1) is 0 Å². The lowest BCUT2D eigenvalue weighted by molar-refractivity contribution is -0.141. The van der Waals surface area contributed by atoms with Crippen LogP contribution in [-0.2, 0) is 6.18 Å². The van der Waals surface area contributed by atoms with Crippen LogP contribution in [0.15, 0.2) is 36.5 Å². The average Bonchev–Trinajstić information content (AvgIpc) is 2.37. The van der Waals surface area contributed by atoms with Crippen molar-refractivity contribution in [1.29, 1.82) is 0 Å². The summed E-state index contributed by atoms with van der Waals surface area (Å²) in [6, 6.07) is 4.71. The maximum absolute atomic E-state index is 13.2. The molecule has 1 aromatic heterocycles. The first-order chi connectivity index (χ1) is 9.29. The summed E-state index contributed by atoms with van der Waals surface area (Å²) in [6.45, 7) is 0. The summed E-state index contributed by atoms with van der Waals surface area (Å²) >= 11 is 0. The minimum atomic E-state index is -4.59. The Kier molecular flexibility index (Phi) is 3.44. The van der Waals surface area contributed by atoms with Crippen molar-refractivity contribution in [1.82, 2.24) is 4.98 Å². The van der Waals surface area contributed by atoms with Crippen molar-refractivity contribution in [2.75, 3.05) is 0 Å². The van der Waals surface area contributed by atoms with E-state index in [4.69, 9.17) is 5.11 Å². The Labute approximate surface area is 110 Å². The van der Waals surface area contributed by atoms with Gasteiger partial charge in [-0.1, -0.05) is 6.07 Å². The summed E-state index contributed by atoms with van der Waals surface area (Å²) < 4.78 is 50.3. The molecule has 0 saturated heterocycles. The molecule has 1 aromatic carbocycles. The highest BCUT2D eigenvalue weighted by Gasteiger charge is 2.32. The van der Waals surface area contributed by atoms with Crippen molar-refractivity contribution in [2.24, 2.45) is 0 Å². The molecule has 3 nitrogen and oxygen atoms in total. The molecule has 0 aliphatic rings. The van der Waals surface area contributed by atoms with Crippen molar-refractivity contribution < 1.29 is 27.5 Å². The van der Waals surface area contributed by atoms with Gasteiger partial charge in [-0.3, -0.25) is 4.98 Å². The number of benzene rings is 1. The van der Waals surface area contributed by atoms with E-state index in [0.29, 0.717) is 6.07 Å². The Morgan fingerprint density at radius 1 is 1.15 bits per heavy atom. The zero-order chi connectivity index (χ0) is 14.9. The number of carbonyl (C=O) groups is 1. The molecule has 2 aromatic rings. The molecule has 0 aliphatic heterocycles. The first-order valence-corrected chi connectivity index (χ1v) is 5.35. The Hall–Kier alpha value is -2.44. The van der Waals surface area contributed by atoms with E-state index in [9.17, 15) is 22.4 Å². The van der Waals surface area contributed by atoms with Crippen molar-refractivity contribution >= 4 is 5.97 Å². The quantitative estimate of drug-likeness (QED) is 0.858. The second-order valence-electron chi connectivity index (χ2n) is 3.92. The van der Waals surface area contributed by atoms with Gasteiger partial charge in [-0.05, 0) is 24.3 Å². The van der Waals surface area contributed by atoms with Crippen LogP contribution in [0.25, 0.3) is 11.1 Å². The van der Waals surface area contributed by atoms with Crippen LogP contribution in [0.2, 0.25) is 0 Å². The lowest BCUT2D eigenvalue weighted by atomic mass is 10.0. The Bertz CT molecular complexity index is 650. The Balaban J connectivity index is 2.52. The third kappa shape index (κ3) is 2.76. The van der Waals surface area contributed by atoms with Crippen molar-refractivity contribution in [3.05, 3.63) is 53.6 Å². The summed E-state index contributed by atoms with van der Waals surface area (Å²) in [6.07, 6.45) is -3.72. The maximum Gasteiger partial charge on any atom is 0.433 e. The smallest absolute Gasteiger partial charge is 0.433 e. The van der Waals surface area contributed by atoms with Crippen LogP contribution in [-0.4, -0.2) is 16.1 Å². The number of nitrogens with zero attached hydrogens (tertiary/aromatic N) is 1. The van der Waals surface area contributed by atoms with Gasteiger partial charge >= 0.3 is 12.1 Å². The molecule has 7 heteroatoms. The number of carboxylic acids is 1. The van der Waals surface area contributed by atoms with Crippen LogP contribution in [0.3, 0.4) is 0 Å². The number of aromatic nitrogens is 1. The summed E-state index contributed by atoms with van der Waals surface area (Å²) in [4.78, 5) is 14.2. The number of rotatable bonds is 2. The van der Waals surface area contributed by atoms with Gasteiger partial charge in [0.15, 0.2) is 0 Å². The average molecular weight is 285 g/mol. The summed E-state index contributed by atoms with van der Waals surface area (Å²) in [5.41, 5.74) is -1.25. The Morgan fingerprint density at radius 3 is 2.35 bits per heavy atom. The number of aromatic carboxylic acids is 1. The van der Waals surface area contributed by atoms with Crippen LogP contribution in [0.1, 0.15) is 16.1 Å². The predicted molar refractivity (Wildman–Crippen MR) is 61.6 cm³/mol. The normalized spacial score (nSPS) is 11.4. The summed E-state index contributed by atoms with van der Waals surface area (Å²) in [5.74, 6) is -2.00. The third-order valence-electron chi connectivity index (χ3n) is 2.58. The molecule has 0 bridgehead atoms. The summed E-state index contributed by atoms with van der Waals surface area (Å²) in [5, 5.41) is 8.98. The highest BCUT2D eigenvalue weighted by molar-refractivity contribution is 5.95. The lowest BCUT2D eigenvalue weighted by Crippen LogP contribution is -2.07. The molecule has 0 amide bonds. The fourth-order valence-corrected chi connectivity index (χ4v) is 1.66. The fourth-order valence-electron chi connectivity index (χ4n) is 1.66. The van der Waals surface area contributed by atoms with Gasteiger partial charge < -0.3 is 5.11 Å². The van der Waals surface area contributed by atoms with E-state index in [2.05, 4.69) is 4.98 Å². The topological polar surface area (TPSA) is 50.2 Å². The minimum Gasteiger partial charge on any atom is -0.478 e. The number of hydrogen-bond acceptors (Lipinski definition) is 2. The number of alkyl halides is 3. The third-order valence-corrected chi connectivity index (χ3v) is 2.58. The van der Waals surface area contributed by atoms with Crippen LogP contribution in [0, 0.1) is 5.82 Å². The first-order valence-electron chi connectivity index (χ1n) is 5.35. The predicted octanol–water partition coefficient (Wildman–Crippen LogP) is 3.60. The second kappa shape index (κ2) is 4.92. The highest BCUT2D eigenvalue weighted by atomic mass is 19.4. The monoisotopic (exact) mass is 285 g/mol. The van der Waals surface area contributed by atoms with Gasteiger partial charge in [-0.2, -0.15) is 13.2 Å². The van der Waals surface area contributed by atoms with E-state index in [0.717, 1.165) is 30.5 Å². The van der Waals surface area contributed by atoms with E-state index in [1.165, 1.54) is 0 Å². The molecule has 0 saturated carbocycles. The SMILES string of the molecule is O=C(O)c1ccc(F)cc1-c1ccc(C(F)(F)F)nc1. The van der Waals surface area contributed by atoms with Gasteiger partial charge in [0.05, 0.1) is 5.56 Å². The maximum atomic E-state index is 13.2. The molecular weight excluding hydrogens is 278 g/mol. The van der Waals surface area contributed by atoms with E-state index in [-0.39, 0.29) is 16.7 Å². The standard InChI is InChI=1S/C13H7F4NO2/c14-8-2-3-9(12(19)20)10(5-8)7-1-4-11(18-6-7)13(15,16)17/h1-6H,(H,19,20). The molecule has 1 heterocycles. The number of pyridine rings is 1. The number of carboxylic acid groups (broad SMARTS) is 1. The van der Waals surface area contributed by atoms with E-state index >= 15 is 0 Å². The molecule has 0 aliphatic carbocycles. The van der Waals surface area contributed by atoms with Gasteiger partial charge in [0.2, 0.25) is 0 Å². The molecular formula is C13H7F4NO2. The number of halogens is 4. The molecule has 0 atom stereocenters. The van der Waals surface area contributed by atoms with Crippen molar-refractivity contribution in [2.45, 2.75) is 6.18 Å². The Morgan fingerprint density at radius 2 is 1.85 bits per heavy atom. The van der Waals surface area contributed by atoms with Crippen LogP contribution < -0.4 is 0 Å². The van der Waals surface area contributed by atoms with E-state index in [1.54, 1.807) is 0 Å². The van der Waals surface area contributed by atoms with Gasteiger partial charge in [0.25, 0.3) is 0 Å². The molecule has 20 heavy (non-hydrogen) atoms. The molecule has 0 spiro atoms. The van der Waals surface area contributed by atoms with E-state index < -0.39 is 23.7 Å². The second-order valence-corrected chi connectivity index (χ2v) is 3.92. The number of hydrogen-bond donors (Lipinski definition) is 1. The first kappa shape index (κ1) is 14.0. The zero-order valence-electron chi connectivity index (χ0n) is 9.78. The lowest BCUT2D eigenvalue weighted by Gasteiger charge is -2.09. The minimum absolute atomic E-state index is 0.0290. The van der Waals surface area contributed by atoms with Crippen molar-refractivity contribution in [3.63, 3.8) is 0 Å². The molecule has 0 radical (unpaired) electrons. The molecule has 2 rings (SSSR count). The molecule has 1 N–H and O–H groups in total. The van der Waals surface area contributed by atoms with Crippen LogP contribution >= 0.6 is 0 Å². The van der Waals surface area contributed by atoms with Crippen LogP contribution in [0.5, 0.6) is 0 Å². The molecule has 0 unspecified atom stereocenters. The van der Waals surface area contributed by atoms with Gasteiger partial charge in [0.1, 0.15) is 11.5 Å². The molecule has 0 fully saturated rings. The zero-order valence-corrected chi connectivity index (χ0v) is 9.78. The van der Waals surface area contributed by atoms with Gasteiger partial charge in [0, 0.05) is 17.3 Å². The molecule has 104 valence electrons.